The van der Waals surface area contributed by atoms with Crippen LogP contribution in [-0.4, -0.2) is 30.2 Å². The van der Waals surface area contributed by atoms with Crippen LogP contribution >= 0.6 is 0 Å². The van der Waals surface area contributed by atoms with Crippen molar-refractivity contribution in [1.82, 2.24) is 5.32 Å². The molecule has 0 radical (unpaired) electrons. The molecule has 0 saturated heterocycles. The van der Waals surface area contributed by atoms with Gasteiger partial charge in [0.05, 0.1) is 6.04 Å². The first-order valence-electron chi connectivity index (χ1n) is 6.79. The van der Waals surface area contributed by atoms with Gasteiger partial charge in [0.25, 0.3) is 0 Å². The molecule has 0 aromatic carbocycles. The summed E-state index contributed by atoms with van der Waals surface area (Å²) in [7, 11) is 0. The number of aliphatic hydroxyl groups is 1. The summed E-state index contributed by atoms with van der Waals surface area (Å²) < 4.78 is 0. The van der Waals surface area contributed by atoms with Crippen LogP contribution in [0.5, 0.6) is 0 Å². The van der Waals surface area contributed by atoms with Crippen molar-refractivity contribution in [3.8, 4) is 0 Å². The standard InChI is InChI=1S/C13H28N2O2/c1-3-5-7-12(14)13(17)15-10-11(6-4-2)8-9-16/h11-12,16H,3-10,14H2,1-2H3,(H,15,17)/t11?,12-/m0/s1. The Hall–Kier alpha value is -0.610. The summed E-state index contributed by atoms with van der Waals surface area (Å²) in [6, 6.07) is -0.383. The summed E-state index contributed by atoms with van der Waals surface area (Å²) >= 11 is 0. The van der Waals surface area contributed by atoms with Crippen molar-refractivity contribution in [3.63, 3.8) is 0 Å². The molecule has 0 aromatic rings. The number of carbonyl (C=O) groups is 1. The second kappa shape index (κ2) is 10.5. The van der Waals surface area contributed by atoms with Gasteiger partial charge in [0.2, 0.25) is 5.91 Å². The third-order valence-corrected chi connectivity index (χ3v) is 3.00. The largest absolute Gasteiger partial charge is 0.396 e. The number of amides is 1. The Morgan fingerprint density at radius 2 is 1.94 bits per heavy atom. The molecule has 1 amide bonds. The molecule has 0 aliphatic carbocycles. The zero-order valence-corrected chi connectivity index (χ0v) is 11.2. The molecule has 0 aromatic heterocycles. The van der Waals surface area contributed by atoms with Gasteiger partial charge in [-0.3, -0.25) is 4.79 Å². The minimum absolute atomic E-state index is 0.0579. The predicted octanol–water partition coefficient (Wildman–Crippen LogP) is 1.42. The molecule has 0 fully saturated rings. The van der Waals surface area contributed by atoms with E-state index in [0.717, 1.165) is 38.5 Å². The third kappa shape index (κ3) is 8.16. The van der Waals surface area contributed by atoms with E-state index in [1.54, 1.807) is 0 Å². The quantitative estimate of drug-likeness (QED) is 0.544. The van der Waals surface area contributed by atoms with Crippen molar-refractivity contribution >= 4 is 5.91 Å². The van der Waals surface area contributed by atoms with Crippen LogP contribution in [0.25, 0.3) is 0 Å². The van der Waals surface area contributed by atoms with E-state index in [1.807, 2.05) is 0 Å². The maximum absolute atomic E-state index is 11.7. The second-order valence-electron chi connectivity index (χ2n) is 4.66. The third-order valence-electron chi connectivity index (χ3n) is 3.00. The van der Waals surface area contributed by atoms with Gasteiger partial charge < -0.3 is 16.2 Å². The molecule has 0 heterocycles. The highest BCUT2D eigenvalue weighted by atomic mass is 16.3. The first-order valence-corrected chi connectivity index (χ1v) is 6.79. The van der Waals surface area contributed by atoms with Crippen LogP contribution < -0.4 is 11.1 Å². The minimum atomic E-state index is -0.383. The maximum atomic E-state index is 11.7. The number of aliphatic hydroxyl groups excluding tert-OH is 1. The molecule has 0 aliphatic rings. The van der Waals surface area contributed by atoms with Crippen molar-refractivity contribution < 1.29 is 9.90 Å². The second-order valence-corrected chi connectivity index (χ2v) is 4.66. The number of hydrogen-bond acceptors (Lipinski definition) is 3. The number of rotatable bonds is 10. The fourth-order valence-corrected chi connectivity index (χ4v) is 1.87. The van der Waals surface area contributed by atoms with E-state index in [4.69, 9.17) is 10.8 Å². The lowest BCUT2D eigenvalue weighted by Gasteiger charge is -2.17. The van der Waals surface area contributed by atoms with Crippen molar-refractivity contribution in [2.75, 3.05) is 13.2 Å². The molecule has 4 N–H and O–H groups in total. The van der Waals surface area contributed by atoms with E-state index in [2.05, 4.69) is 19.2 Å². The summed E-state index contributed by atoms with van der Waals surface area (Å²) in [5.41, 5.74) is 5.78. The van der Waals surface area contributed by atoms with Crippen LogP contribution in [0, 0.1) is 5.92 Å². The van der Waals surface area contributed by atoms with Crippen LogP contribution in [0.15, 0.2) is 0 Å². The van der Waals surface area contributed by atoms with Crippen molar-refractivity contribution in [2.45, 2.75) is 58.4 Å². The van der Waals surface area contributed by atoms with Crippen LogP contribution in [0.4, 0.5) is 0 Å². The van der Waals surface area contributed by atoms with Gasteiger partial charge in [0.1, 0.15) is 0 Å². The van der Waals surface area contributed by atoms with Crippen LogP contribution in [0.3, 0.4) is 0 Å². The van der Waals surface area contributed by atoms with Crippen molar-refractivity contribution in [1.29, 1.82) is 0 Å². The molecule has 4 heteroatoms. The van der Waals surface area contributed by atoms with Crippen LogP contribution in [0.1, 0.15) is 52.4 Å². The van der Waals surface area contributed by atoms with E-state index in [0.29, 0.717) is 12.5 Å². The fraction of sp³-hybridized carbons (Fsp3) is 0.923. The molecule has 0 aliphatic heterocycles. The zero-order chi connectivity index (χ0) is 13.1. The molecule has 102 valence electrons. The molecule has 17 heavy (non-hydrogen) atoms. The molecule has 0 bridgehead atoms. The van der Waals surface area contributed by atoms with Crippen molar-refractivity contribution in [2.24, 2.45) is 11.7 Å². The SMILES string of the molecule is CCCC[C@H](N)C(=O)NCC(CCC)CCO. The van der Waals surface area contributed by atoms with Gasteiger partial charge in [-0.1, -0.05) is 33.1 Å². The van der Waals surface area contributed by atoms with Gasteiger partial charge in [0, 0.05) is 13.2 Å². The molecular weight excluding hydrogens is 216 g/mol. The molecule has 2 atom stereocenters. The lowest BCUT2D eigenvalue weighted by Crippen LogP contribution is -2.42. The number of nitrogens with one attached hydrogen (secondary N) is 1. The molecular formula is C13H28N2O2. The molecule has 0 rings (SSSR count). The highest BCUT2D eigenvalue weighted by Gasteiger charge is 2.14. The van der Waals surface area contributed by atoms with Gasteiger partial charge in [-0.05, 0) is 25.2 Å². The zero-order valence-electron chi connectivity index (χ0n) is 11.2. The van der Waals surface area contributed by atoms with Gasteiger partial charge in [-0.15, -0.1) is 0 Å². The van der Waals surface area contributed by atoms with E-state index < -0.39 is 0 Å². The van der Waals surface area contributed by atoms with E-state index in [1.165, 1.54) is 0 Å². The Morgan fingerprint density at radius 3 is 2.47 bits per heavy atom. The molecule has 0 saturated carbocycles. The van der Waals surface area contributed by atoms with Crippen molar-refractivity contribution in [3.05, 3.63) is 0 Å². The monoisotopic (exact) mass is 244 g/mol. The first kappa shape index (κ1) is 16.4. The molecule has 0 spiro atoms. The smallest absolute Gasteiger partial charge is 0.236 e. The lowest BCUT2D eigenvalue weighted by atomic mass is 10.00. The Bertz CT molecular complexity index is 192. The lowest BCUT2D eigenvalue weighted by molar-refractivity contribution is -0.122. The fourth-order valence-electron chi connectivity index (χ4n) is 1.87. The molecule has 1 unspecified atom stereocenters. The Kier molecular flexibility index (Phi) is 10.2. The highest BCUT2D eigenvalue weighted by molar-refractivity contribution is 5.81. The topological polar surface area (TPSA) is 75.4 Å². The Balaban J connectivity index is 3.85. The van der Waals surface area contributed by atoms with Crippen LogP contribution in [-0.2, 0) is 4.79 Å². The maximum Gasteiger partial charge on any atom is 0.236 e. The normalized spacial score (nSPS) is 14.4. The van der Waals surface area contributed by atoms with Gasteiger partial charge in [-0.2, -0.15) is 0 Å². The average molecular weight is 244 g/mol. The minimum Gasteiger partial charge on any atom is -0.396 e. The molecule has 4 nitrogen and oxygen atoms in total. The van der Waals surface area contributed by atoms with E-state index in [-0.39, 0.29) is 18.6 Å². The average Bonchev–Trinajstić information content (AvgIpc) is 2.33. The number of carbonyl (C=O) groups excluding carboxylic acids is 1. The van der Waals surface area contributed by atoms with Crippen LogP contribution in [0.2, 0.25) is 0 Å². The highest BCUT2D eigenvalue weighted by Crippen LogP contribution is 2.09. The van der Waals surface area contributed by atoms with E-state index in [9.17, 15) is 4.79 Å². The number of nitrogens with two attached hydrogens (primary N) is 1. The summed E-state index contributed by atoms with van der Waals surface area (Å²) in [6.07, 6.45) is 5.65. The number of unbranched alkanes of at least 4 members (excludes halogenated alkanes) is 1. The summed E-state index contributed by atoms with van der Waals surface area (Å²) in [5, 5.41) is 11.8. The summed E-state index contributed by atoms with van der Waals surface area (Å²) in [4.78, 5) is 11.7. The predicted molar refractivity (Wildman–Crippen MR) is 70.6 cm³/mol. The first-order chi connectivity index (χ1) is 8.15. The van der Waals surface area contributed by atoms with Gasteiger partial charge in [-0.25, -0.2) is 0 Å². The van der Waals surface area contributed by atoms with Gasteiger partial charge in [0.15, 0.2) is 0 Å². The van der Waals surface area contributed by atoms with E-state index >= 15 is 0 Å². The summed E-state index contributed by atoms with van der Waals surface area (Å²) in [6.45, 7) is 5.01. The number of hydrogen-bond donors (Lipinski definition) is 3. The Morgan fingerprint density at radius 1 is 1.24 bits per heavy atom. The Labute approximate surface area is 105 Å². The van der Waals surface area contributed by atoms with Gasteiger partial charge >= 0.3 is 0 Å². The summed E-state index contributed by atoms with van der Waals surface area (Å²) in [5.74, 6) is 0.310.